The molecule has 2 rings (SSSR count). The summed E-state index contributed by atoms with van der Waals surface area (Å²) in [6, 6.07) is 8.92. The third-order valence-electron chi connectivity index (χ3n) is 3.29. The molecule has 0 radical (unpaired) electrons. The highest BCUT2D eigenvalue weighted by Crippen LogP contribution is 2.43. The van der Waals surface area contributed by atoms with Crippen molar-refractivity contribution in [3.8, 4) is 0 Å². The maximum absolute atomic E-state index is 2.32. The molecule has 17 heavy (non-hydrogen) atoms. The van der Waals surface area contributed by atoms with Gasteiger partial charge in [-0.25, -0.2) is 0 Å². The van der Waals surface area contributed by atoms with Crippen molar-refractivity contribution in [2.24, 2.45) is 5.92 Å². The molecule has 0 spiro atoms. The Morgan fingerprint density at radius 1 is 1.35 bits per heavy atom. The lowest BCUT2D eigenvalue weighted by Crippen LogP contribution is -2.18. The first-order chi connectivity index (χ1) is 8.15. The molecule has 0 bridgehead atoms. The van der Waals surface area contributed by atoms with Gasteiger partial charge in [-0.3, -0.25) is 0 Å². The third kappa shape index (κ3) is 4.36. The fourth-order valence-corrected chi connectivity index (χ4v) is 3.56. The van der Waals surface area contributed by atoms with Crippen LogP contribution in [-0.2, 0) is 0 Å². The summed E-state index contributed by atoms with van der Waals surface area (Å²) in [6.45, 7) is 3.38. The summed E-state index contributed by atoms with van der Waals surface area (Å²) >= 11 is 2.09. The second kappa shape index (κ2) is 5.92. The number of hydrogen-bond acceptors (Lipinski definition) is 2. The maximum atomic E-state index is 2.32. The van der Waals surface area contributed by atoms with Crippen molar-refractivity contribution in [3.63, 3.8) is 0 Å². The Morgan fingerprint density at radius 3 is 2.71 bits per heavy atom. The van der Waals surface area contributed by atoms with Gasteiger partial charge in [-0.2, -0.15) is 0 Å². The van der Waals surface area contributed by atoms with Gasteiger partial charge in [-0.1, -0.05) is 17.7 Å². The molecule has 94 valence electrons. The smallest absolute Gasteiger partial charge is 0.0135 e. The van der Waals surface area contributed by atoms with E-state index in [-0.39, 0.29) is 0 Å². The van der Waals surface area contributed by atoms with Crippen LogP contribution in [0.5, 0.6) is 0 Å². The van der Waals surface area contributed by atoms with E-state index in [0.29, 0.717) is 0 Å². The van der Waals surface area contributed by atoms with Gasteiger partial charge in [0.25, 0.3) is 0 Å². The highest BCUT2D eigenvalue weighted by molar-refractivity contribution is 8.00. The van der Waals surface area contributed by atoms with Crippen molar-refractivity contribution in [3.05, 3.63) is 29.8 Å². The van der Waals surface area contributed by atoms with Crippen LogP contribution in [0.2, 0.25) is 0 Å². The summed E-state index contributed by atoms with van der Waals surface area (Å²) in [4.78, 5) is 3.74. The van der Waals surface area contributed by atoms with E-state index in [4.69, 9.17) is 0 Å². The highest BCUT2D eigenvalue weighted by Gasteiger charge is 2.31. The SMILES string of the molecule is Cc1cccc(SC(CCN(C)C)C2CC2)c1. The van der Waals surface area contributed by atoms with Crippen LogP contribution in [0.1, 0.15) is 24.8 Å². The van der Waals surface area contributed by atoms with Crippen LogP contribution in [0.4, 0.5) is 0 Å². The van der Waals surface area contributed by atoms with Gasteiger partial charge in [0.1, 0.15) is 0 Å². The quantitative estimate of drug-likeness (QED) is 0.705. The summed E-state index contributed by atoms with van der Waals surface area (Å²) in [6.07, 6.45) is 4.20. The largest absolute Gasteiger partial charge is 0.309 e. The van der Waals surface area contributed by atoms with E-state index in [1.807, 2.05) is 0 Å². The molecule has 1 aromatic carbocycles. The summed E-state index contributed by atoms with van der Waals surface area (Å²) in [5.41, 5.74) is 1.37. The molecule has 2 heteroatoms. The van der Waals surface area contributed by atoms with E-state index >= 15 is 0 Å². The molecule has 0 N–H and O–H groups in total. The second-order valence-corrected chi connectivity index (χ2v) is 6.71. The van der Waals surface area contributed by atoms with E-state index in [9.17, 15) is 0 Å². The van der Waals surface area contributed by atoms with Crippen LogP contribution in [0, 0.1) is 12.8 Å². The van der Waals surface area contributed by atoms with Crippen molar-refractivity contribution in [2.45, 2.75) is 36.3 Å². The molecule has 0 saturated heterocycles. The van der Waals surface area contributed by atoms with E-state index < -0.39 is 0 Å². The van der Waals surface area contributed by atoms with Crippen LogP contribution in [0.25, 0.3) is 0 Å². The van der Waals surface area contributed by atoms with Gasteiger partial charge in [0, 0.05) is 10.1 Å². The fourth-order valence-electron chi connectivity index (χ4n) is 2.11. The summed E-state index contributed by atoms with van der Waals surface area (Å²) in [7, 11) is 4.34. The van der Waals surface area contributed by atoms with E-state index in [1.165, 1.54) is 36.3 Å². The lowest BCUT2D eigenvalue weighted by molar-refractivity contribution is 0.392. The van der Waals surface area contributed by atoms with Gasteiger partial charge in [-0.15, -0.1) is 11.8 Å². The molecule has 0 aliphatic heterocycles. The van der Waals surface area contributed by atoms with Crippen molar-refractivity contribution in [1.82, 2.24) is 4.90 Å². The Morgan fingerprint density at radius 2 is 2.12 bits per heavy atom. The van der Waals surface area contributed by atoms with Crippen LogP contribution in [0.15, 0.2) is 29.2 Å². The number of rotatable bonds is 6. The molecular weight excluding hydrogens is 226 g/mol. The van der Waals surface area contributed by atoms with Crippen molar-refractivity contribution in [2.75, 3.05) is 20.6 Å². The highest BCUT2D eigenvalue weighted by atomic mass is 32.2. The van der Waals surface area contributed by atoms with Crippen LogP contribution >= 0.6 is 11.8 Å². The normalized spacial score (nSPS) is 17.4. The Labute approximate surface area is 110 Å². The molecule has 0 aromatic heterocycles. The summed E-state index contributed by atoms with van der Waals surface area (Å²) < 4.78 is 0. The average molecular weight is 249 g/mol. The number of nitrogens with zero attached hydrogens (tertiary/aromatic N) is 1. The number of hydrogen-bond donors (Lipinski definition) is 0. The summed E-state index contributed by atoms with van der Waals surface area (Å²) in [5, 5.41) is 0.819. The molecule has 1 unspecified atom stereocenters. The Bertz CT molecular complexity index is 358. The van der Waals surface area contributed by atoms with E-state index in [0.717, 1.165) is 11.2 Å². The zero-order chi connectivity index (χ0) is 12.3. The Balaban J connectivity index is 1.93. The third-order valence-corrected chi connectivity index (χ3v) is 4.74. The van der Waals surface area contributed by atoms with Crippen molar-refractivity contribution in [1.29, 1.82) is 0 Å². The molecular formula is C15H23NS. The zero-order valence-corrected chi connectivity index (χ0v) is 12.0. The van der Waals surface area contributed by atoms with Crippen molar-refractivity contribution >= 4 is 11.8 Å². The van der Waals surface area contributed by atoms with Gasteiger partial charge < -0.3 is 4.90 Å². The molecule has 1 atom stereocenters. The Hall–Kier alpha value is -0.470. The second-order valence-electron chi connectivity index (χ2n) is 5.40. The lowest BCUT2D eigenvalue weighted by Gasteiger charge is -2.18. The first kappa shape index (κ1) is 13.0. The predicted molar refractivity (Wildman–Crippen MR) is 76.7 cm³/mol. The minimum absolute atomic E-state index is 0.819. The number of aryl methyl sites for hydroxylation is 1. The number of thioether (sulfide) groups is 1. The standard InChI is InChI=1S/C15H23NS/c1-12-5-4-6-14(11-12)17-15(13-7-8-13)9-10-16(2)3/h4-6,11,13,15H,7-10H2,1-3H3. The lowest BCUT2D eigenvalue weighted by atomic mass is 10.2. The van der Waals surface area contributed by atoms with Crippen molar-refractivity contribution < 1.29 is 0 Å². The minimum atomic E-state index is 0.819. The average Bonchev–Trinajstić information content (AvgIpc) is 3.07. The van der Waals surface area contributed by atoms with Gasteiger partial charge in [-0.05, 0) is 64.9 Å². The first-order valence-corrected chi connectivity index (χ1v) is 7.41. The summed E-state index contributed by atoms with van der Waals surface area (Å²) in [5.74, 6) is 0.973. The molecule has 1 aromatic rings. The van der Waals surface area contributed by atoms with Gasteiger partial charge in [0.05, 0.1) is 0 Å². The maximum Gasteiger partial charge on any atom is 0.0135 e. The molecule has 1 aliphatic rings. The number of benzene rings is 1. The monoisotopic (exact) mass is 249 g/mol. The van der Waals surface area contributed by atoms with Crippen LogP contribution in [0.3, 0.4) is 0 Å². The van der Waals surface area contributed by atoms with E-state index in [1.54, 1.807) is 0 Å². The Kier molecular flexibility index (Phi) is 4.52. The molecule has 1 nitrogen and oxygen atoms in total. The molecule has 0 heterocycles. The van der Waals surface area contributed by atoms with Crippen LogP contribution in [-0.4, -0.2) is 30.8 Å². The topological polar surface area (TPSA) is 3.24 Å². The van der Waals surface area contributed by atoms with Gasteiger partial charge >= 0.3 is 0 Å². The molecule has 1 fully saturated rings. The zero-order valence-electron chi connectivity index (χ0n) is 11.1. The predicted octanol–water partition coefficient (Wildman–Crippen LogP) is 3.82. The van der Waals surface area contributed by atoms with Crippen LogP contribution < -0.4 is 0 Å². The molecule has 0 amide bonds. The minimum Gasteiger partial charge on any atom is -0.309 e. The first-order valence-electron chi connectivity index (χ1n) is 6.53. The van der Waals surface area contributed by atoms with E-state index in [2.05, 4.69) is 61.9 Å². The van der Waals surface area contributed by atoms with Gasteiger partial charge in [0.15, 0.2) is 0 Å². The molecule has 1 saturated carbocycles. The fraction of sp³-hybridized carbons (Fsp3) is 0.600. The van der Waals surface area contributed by atoms with Gasteiger partial charge in [0.2, 0.25) is 0 Å². The molecule has 1 aliphatic carbocycles.